The van der Waals surface area contributed by atoms with Gasteiger partial charge in [0.05, 0.1) is 4.36 Å². The predicted octanol–water partition coefficient (Wildman–Crippen LogP) is -1.41. The number of benzene rings is 1. The van der Waals surface area contributed by atoms with Gasteiger partial charge >= 0.3 is 0 Å². The van der Waals surface area contributed by atoms with E-state index in [0.717, 1.165) is 10.1 Å². The number of thioether (sulfide) groups is 1. The fourth-order valence-electron chi connectivity index (χ4n) is 0.982. The van der Waals surface area contributed by atoms with Crippen molar-refractivity contribution in [2.45, 2.75) is 5.75 Å². The van der Waals surface area contributed by atoms with Crippen LogP contribution in [-0.2, 0) is 5.75 Å². The van der Waals surface area contributed by atoms with E-state index in [2.05, 4.69) is 12.1 Å². The number of hydrogen-bond acceptors (Lipinski definition) is 5. The third-order valence-corrected chi connectivity index (χ3v) is 3.07. The van der Waals surface area contributed by atoms with Gasteiger partial charge in [-0.05, 0) is 5.56 Å². The van der Waals surface area contributed by atoms with Crippen molar-refractivity contribution >= 4 is 29.6 Å². The minimum atomic E-state index is -4.94. The van der Waals surface area contributed by atoms with Crippen LogP contribution < -0.4 is 18.6 Å². The van der Waals surface area contributed by atoms with E-state index in [-0.39, 0.29) is 0 Å². The second kappa shape index (κ2) is 10.2. The van der Waals surface area contributed by atoms with Gasteiger partial charge in [-0.3, -0.25) is 0 Å². The highest BCUT2D eigenvalue weighted by Gasteiger charge is 1.95. The maximum atomic E-state index is 8.49. The van der Waals surface area contributed by atoms with Crippen LogP contribution in [-0.4, -0.2) is 24.9 Å². The highest BCUT2D eigenvalue weighted by molar-refractivity contribution is 8.03. The second-order valence-corrected chi connectivity index (χ2v) is 6.14. The molecule has 1 rings (SSSR count). The molecule has 0 saturated carbocycles. The van der Waals surface area contributed by atoms with Gasteiger partial charge in [-0.2, -0.15) is 0 Å². The van der Waals surface area contributed by atoms with Crippen LogP contribution in [0.3, 0.4) is 0 Å². The zero-order chi connectivity index (χ0) is 15.6. The van der Waals surface area contributed by atoms with Crippen LogP contribution in [0.2, 0.25) is 0 Å². The van der Waals surface area contributed by atoms with Crippen LogP contribution in [0.1, 0.15) is 5.56 Å². The molecule has 1 aromatic carbocycles. The minimum absolute atomic E-state index is 0.813. The van der Waals surface area contributed by atoms with E-state index in [0.29, 0.717) is 0 Å². The first-order valence-electron chi connectivity index (χ1n) is 5.34. The summed E-state index contributed by atoms with van der Waals surface area (Å²) in [5.41, 5.74) is 1.29. The first-order valence-corrected chi connectivity index (χ1v) is 7.94. The Morgan fingerprint density at radius 3 is 2.15 bits per heavy atom. The third-order valence-electron chi connectivity index (χ3n) is 1.72. The predicted molar refractivity (Wildman–Crippen MR) is 69.8 cm³/mol. The van der Waals surface area contributed by atoms with Gasteiger partial charge in [-0.1, -0.05) is 41.9 Å². The van der Waals surface area contributed by atoms with E-state index < -0.39 is 10.2 Å². The monoisotopic (exact) mass is 339 g/mol. The average molecular weight is 340 g/mol. The van der Waals surface area contributed by atoms with Gasteiger partial charge in [0.15, 0.2) is 6.21 Å². The molecule has 0 aliphatic rings. The van der Waals surface area contributed by atoms with Crippen molar-refractivity contribution in [3.8, 4) is 0 Å². The topological polar surface area (TPSA) is 95.2 Å². The molecule has 0 aliphatic heterocycles. The van der Waals surface area contributed by atoms with Crippen molar-refractivity contribution in [3.05, 3.63) is 46.3 Å². The van der Waals surface area contributed by atoms with Crippen molar-refractivity contribution in [2.24, 2.45) is 0 Å². The van der Waals surface area contributed by atoms with Gasteiger partial charge in [0.1, 0.15) is 14.1 Å². The fourth-order valence-corrected chi connectivity index (χ4v) is 1.86. The molecule has 8 heteroatoms. The van der Waals surface area contributed by atoms with E-state index in [9.17, 15) is 0 Å². The second-order valence-electron chi connectivity index (χ2n) is 3.74. The molecule has 0 bridgehead atoms. The molecule has 112 valence electrons. The first-order chi connectivity index (χ1) is 9.18. The third kappa shape index (κ3) is 15.5. The summed E-state index contributed by atoms with van der Waals surface area (Å²) in [7, 11) is -0.995. The summed E-state index contributed by atoms with van der Waals surface area (Å²) in [6, 6.07) is 10.3. The highest BCUT2D eigenvalue weighted by Crippen LogP contribution is 2.23. The maximum Gasteiger partial charge on any atom is 0.164 e. The van der Waals surface area contributed by atoms with Crippen LogP contribution in [0.5, 0.6) is 0 Å². The first kappa shape index (κ1) is 19.4. The quantitative estimate of drug-likeness (QED) is 0.496. The molecular formula is C12H15Cl2NO4S. The lowest BCUT2D eigenvalue weighted by atomic mass is 10.2. The Bertz CT molecular complexity index is 437. The zero-order valence-corrected chi connectivity index (χ0v) is 13.3. The summed E-state index contributed by atoms with van der Waals surface area (Å²) < 4.78 is 36.7. The summed E-state index contributed by atoms with van der Waals surface area (Å²) >= 11 is 7.68. The molecule has 0 saturated heterocycles. The summed E-state index contributed by atoms with van der Waals surface area (Å²) in [6.07, 6.45) is 3.86. The lowest BCUT2D eigenvalue weighted by Gasteiger charge is -2.17. The van der Waals surface area contributed by atoms with Crippen molar-refractivity contribution < 1.29 is 33.5 Å². The van der Waals surface area contributed by atoms with E-state index in [1.165, 1.54) is 5.56 Å². The summed E-state index contributed by atoms with van der Waals surface area (Å²) in [4.78, 5) is 0. The minimum Gasteiger partial charge on any atom is -0.241 e. The number of hydrogen-bond donors (Lipinski definition) is 0. The van der Waals surface area contributed by atoms with Crippen molar-refractivity contribution in [1.82, 2.24) is 0 Å². The SMILES string of the molecule is C[N+](C)=C/C=C(\Cl)SCc1ccccc1.[O-][Cl+3]([O-])([O-])[O-]. The van der Waals surface area contributed by atoms with Crippen LogP contribution in [0.4, 0.5) is 0 Å². The lowest BCUT2D eigenvalue weighted by Crippen LogP contribution is -2.68. The molecule has 0 unspecified atom stereocenters. The largest absolute Gasteiger partial charge is 0.241 e. The molecule has 0 fully saturated rings. The van der Waals surface area contributed by atoms with Crippen molar-refractivity contribution in [3.63, 3.8) is 0 Å². The molecule has 0 radical (unpaired) electrons. The number of allylic oxidation sites excluding steroid dienone is 1. The Labute approximate surface area is 129 Å². The molecule has 1 aromatic rings. The van der Waals surface area contributed by atoms with E-state index in [1.54, 1.807) is 11.8 Å². The Morgan fingerprint density at radius 2 is 1.70 bits per heavy atom. The van der Waals surface area contributed by atoms with Crippen LogP contribution in [0.25, 0.3) is 0 Å². The summed E-state index contributed by atoms with van der Waals surface area (Å²) in [5, 5.41) is 0. The molecular weight excluding hydrogens is 325 g/mol. The number of nitrogens with zero attached hydrogens (tertiary/aromatic N) is 1. The molecule has 0 spiro atoms. The Kier molecular flexibility index (Phi) is 9.87. The fraction of sp³-hybridized carbons (Fsp3) is 0.250. The van der Waals surface area contributed by atoms with Crippen molar-refractivity contribution in [2.75, 3.05) is 14.1 Å². The van der Waals surface area contributed by atoms with Crippen molar-refractivity contribution in [1.29, 1.82) is 0 Å². The van der Waals surface area contributed by atoms with E-state index in [4.69, 9.17) is 30.2 Å². The van der Waals surface area contributed by atoms with E-state index in [1.807, 2.05) is 49.2 Å². The standard InChI is InChI=1S/C12H15ClNS.ClHO4/c1-14(2)9-8-12(13)15-10-11-6-4-3-5-7-11;2-1(3,4)5/h3-9H,10H2,1-2H3;(H,2,3,4,5)/q+1;/p-1/b12-8+;. The maximum absolute atomic E-state index is 8.49. The summed E-state index contributed by atoms with van der Waals surface area (Å²) in [5.74, 6) is 0.914. The highest BCUT2D eigenvalue weighted by atomic mass is 35.7. The van der Waals surface area contributed by atoms with Gasteiger partial charge in [-0.15, -0.1) is 22.0 Å². The zero-order valence-electron chi connectivity index (χ0n) is 11.0. The summed E-state index contributed by atoms with van der Waals surface area (Å²) in [6.45, 7) is 0. The molecule has 0 amide bonds. The lowest BCUT2D eigenvalue weighted by molar-refractivity contribution is -2.00. The smallest absolute Gasteiger partial charge is 0.164 e. The molecule has 0 N–H and O–H groups in total. The van der Waals surface area contributed by atoms with Crippen LogP contribution >= 0.6 is 23.4 Å². The molecule has 5 nitrogen and oxygen atoms in total. The average Bonchev–Trinajstić information content (AvgIpc) is 2.33. The molecule has 0 aliphatic carbocycles. The van der Waals surface area contributed by atoms with Crippen LogP contribution in [0.15, 0.2) is 40.8 Å². The molecule has 0 atom stereocenters. The van der Waals surface area contributed by atoms with Gasteiger partial charge in [0, 0.05) is 11.8 Å². The van der Waals surface area contributed by atoms with Gasteiger partial charge in [0.2, 0.25) is 0 Å². The van der Waals surface area contributed by atoms with E-state index >= 15 is 0 Å². The Balaban J connectivity index is 0.000000621. The normalized spacial score (nSPS) is 11.4. The Hall–Kier alpha value is -0.600. The number of halogens is 2. The Morgan fingerprint density at radius 1 is 1.20 bits per heavy atom. The molecule has 20 heavy (non-hydrogen) atoms. The van der Waals surface area contributed by atoms with Crippen LogP contribution in [0, 0.1) is 10.2 Å². The van der Waals surface area contributed by atoms with Gasteiger partial charge in [-0.25, -0.2) is 23.2 Å². The molecule has 0 heterocycles. The van der Waals surface area contributed by atoms with Gasteiger partial charge in [0.25, 0.3) is 0 Å². The molecule has 0 aromatic heterocycles. The van der Waals surface area contributed by atoms with Gasteiger partial charge < -0.3 is 0 Å². The number of rotatable bonds is 4.